The van der Waals surface area contributed by atoms with E-state index >= 15 is 0 Å². The van der Waals surface area contributed by atoms with Crippen LogP contribution < -0.4 is 5.32 Å². The zero-order valence-electron chi connectivity index (χ0n) is 6.19. The molecule has 0 aliphatic heterocycles. The minimum absolute atomic E-state index is 0.175. The number of methoxy groups -OCH3 is 1. The van der Waals surface area contributed by atoms with Crippen molar-refractivity contribution in [3.05, 3.63) is 0 Å². The van der Waals surface area contributed by atoms with E-state index in [4.69, 9.17) is 11.6 Å². The Hall–Kier alpha value is -0.280. The van der Waals surface area contributed by atoms with Gasteiger partial charge in [-0.05, 0) is 6.92 Å². The van der Waals surface area contributed by atoms with Crippen LogP contribution in [0.2, 0.25) is 0 Å². The lowest BCUT2D eigenvalue weighted by atomic mass is 10.4. The standard InChI is InChI=1S/C6H12ClNO2/c1-3-8-6(9)5(7)4-10-2/h5H,3-4H2,1-2H3,(H,8,9). The summed E-state index contributed by atoms with van der Waals surface area (Å²) in [5, 5.41) is 2.01. The molecule has 1 atom stereocenters. The predicted molar refractivity (Wildman–Crippen MR) is 40.2 cm³/mol. The van der Waals surface area contributed by atoms with Gasteiger partial charge in [0.15, 0.2) is 0 Å². The molecule has 1 N–H and O–H groups in total. The molecule has 0 aromatic rings. The van der Waals surface area contributed by atoms with Crippen LogP contribution in [0.25, 0.3) is 0 Å². The number of hydrogen-bond acceptors (Lipinski definition) is 2. The van der Waals surface area contributed by atoms with Gasteiger partial charge in [0.2, 0.25) is 5.91 Å². The number of nitrogens with one attached hydrogen (secondary N) is 1. The maximum Gasteiger partial charge on any atom is 0.240 e. The van der Waals surface area contributed by atoms with Gasteiger partial charge in [0.25, 0.3) is 0 Å². The van der Waals surface area contributed by atoms with Crippen molar-refractivity contribution in [2.24, 2.45) is 0 Å². The van der Waals surface area contributed by atoms with Crippen LogP contribution in [0.5, 0.6) is 0 Å². The molecular formula is C6H12ClNO2. The molecule has 4 heteroatoms. The van der Waals surface area contributed by atoms with E-state index in [2.05, 4.69) is 10.1 Å². The molecule has 0 rings (SSSR count). The normalized spacial score (nSPS) is 12.7. The molecule has 0 saturated heterocycles. The van der Waals surface area contributed by atoms with Gasteiger partial charge in [-0.15, -0.1) is 11.6 Å². The topological polar surface area (TPSA) is 38.3 Å². The van der Waals surface area contributed by atoms with Crippen molar-refractivity contribution in [2.45, 2.75) is 12.3 Å². The van der Waals surface area contributed by atoms with Gasteiger partial charge in [0.1, 0.15) is 5.38 Å². The molecule has 1 unspecified atom stereocenters. The number of carbonyl (C=O) groups is 1. The summed E-state index contributed by atoms with van der Waals surface area (Å²) < 4.78 is 4.68. The second-order valence-corrected chi connectivity index (χ2v) is 2.34. The van der Waals surface area contributed by atoms with Gasteiger partial charge in [-0.1, -0.05) is 0 Å². The SMILES string of the molecule is CCNC(=O)C(Cl)COC. The average Bonchev–Trinajstić information content (AvgIpc) is 1.89. The minimum Gasteiger partial charge on any atom is -0.383 e. The number of carbonyl (C=O) groups excluding carboxylic acids is 1. The summed E-state index contributed by atoms with van der Waals surface area (Å²) in [6.07, 6.45) is 0. The molecule has 0 aliphatic rings. The number of hydrogen-bond donors (Lipinski definition) is 1. The van der Waals surface area contributed by atoms with Gasteiger partial charge in [-0.2, -0.15) is 0 Å². The van der Waals surface area contributed by atoms with Crippen LogP contribution in [0.15, 0.2) is 0 Å². The van der Waals surface area contributed by atoms with E-state index < -0.39 is 5.38 Å². The lowest BCUT2D eigenvalue weighted by Crippen LogP contribution is -2.33. The number of ether oxygens (including phenoxy) is 1. The highest BCUT2D eigenvalue weighted by molar-refractivity contribution is 6.30. The Morgan fingerprint density at radius 1 is 1.80 bits per heavy atom. The summed E-state index contributed by atoms with van der Waals surface area (Å²) in [6, 6.07) is 0. The van der Waals surface area contributed by atoms with Crippen molar-refractivity contribution in [3.63, 3.8) is 0 Å². The Labute approximate surface area is 65.7 Å². The molecule has 3 nitrogen and oxygen atoms in total. The summed E-state index contributed by atoms with van der Waals surface area (Å²) >= 11 is 5.57. The third kappa shape index (κ3) is 3.69. The monoisotopic (exact) mass is 165 g/mol. The van der Waals surface area contributed by atoms with E-state index in [1.807, 2.05) is 6.92 Å². The Bertz CT molecular complexity index is 108. The summed E-state index contributed by atoms with van der Waals surface area (Å²) in [5.74, 6) is -0.175. The maximum absolute atomic E-state index is 10.8. The van der Waals surface area contributed by atoms with Gasteiger partial charge >= 0.3 is 0 Å². The first-order chi connectivity index (χ1) is 4.72. The fourth-order valence-electron chi connectivity index (χ4n) is 0.507. The number of amides is 1. The highest BCUT2D eigenvalue weighted by atomic mass is 35.5. The largest absolute Gasteiger partial charge is 0.383 e. The van der Waals surface area contributed by atoms with Crippen molar-refractivity contribution < 1.29 is 9.53 Å². The van der Waals surface area contributed by atoms with Crippen LogP contribution in [0, 0.1) is 0 Å². The first-order valence-corrected chi connectivity index (χ1v) is 3.56. The van der Waals surface area contributed by atoms with E-state index in [0.29, 0.717) is 6.54 Å². The molecule has 0 radical (unpaired) electrons. The second kappa shape index (κ2) is 5.50. The van der Waals surface area contributed by atoms with Crippen molar-refractivity contribution >= 4 is 17.5 Å². The van der Waals surface area contributed by atoms with Crippen LogP contribution in [-0.2, 0) is 9.53 Å². The Balaban J connectivity index is 3.49. The van der Waals surface area contributed by atoms with E-state index in [9.17, 15) is 4.79 Å². The molecule has 0 bridgehead atoms. The summed E-state index contributed by atoms with van der Waals surface area (Å²) in [6.45, 7) is 2.70. The van der Waals surface area contributed by atoms with Crippen LogP contribution in [0.1, 0.15) is 6.92 Å². The summed E-state index contributed by atoms with van der Waals surface area (Å²) in [7, 11) is 1.51. The minimum atomic E-state index is -0.565. The van der Waals surface area contributed by atoms with Crippen molar-refractivity contribution in [1.82, 2.24) is 5.32 Å². The molecule has 1 amide bonds. The van der Waals surface area contributed by atoms with Crippen molar-refractivity contribution in [3.8, 4) is 0 Å². The molecule has 0 saturated carbocycles. The Morgan fingerprint density at radius 2 is 2.40 bits per heavy atom. The van der Waals surface area contributed by atoms with Crippen molar-refractivity contribution in [2.75, 3.05) is 20.3 Å². The number of alkyl halides is 1. The third-order valence-corrected chi connectivity index (χ3v) is 1.27. The van der Waals surface area contributed by atoms with Crippen LogP contribution in [0.4, 0.5) is 0 Å². The Morgan fingerprint density at radius 3 is 2.80 bits per heavy atom. The lowest BCUT2D eigenvalue weighted by molar-refractivity contribution is -0.121. The fraction of sp³-hybridized carbons (Fsp3) is 0.833. The summed E-state index contributed by atoms with van der Waals surface area (Å²) in [5.41, 5.74) is 0. The predicted octanol–water partition coefficient (Wildman–Crippen LogP) is 0.376. The first kappa shape index (κ1) is 9.72. The van der Waals surface area contributed by atoms with Crippen LogP contribution >= 0.6 is 11.6 Å². The lowest BCUT2D eigenvalue weighted by Gasteiger charge is -2.06. The van der Waals surface area contributed by atoms with Gasteiger partial charge in [0, 0.05) is 13.7 Å². The van der Waals surface area contributed by atoms with Gasteiger partial charge in [-0.25, -0.2) is 0 Å². The molecule has 0 spiro atoms. The van der Waals surface area contributed by atoms with Gasteiger partial charge in [-0.3, -0.25) is 4.79 Å². The molecule has 60 valence electrons. The quantitative estimate of drug-likeness (QED) is 0.612. The molecular weight excluding hydrogens is 154 g/mol. The van der Waals surface area contributed by atoms with E-state index in [1.165, 1.54) is 7.11 Å². The smallest absolute Gasteiger partial charge is 0.240 e. The zero-order chi connectivity index (χ0) is 7.98. The fourth-order valence-corrected chi connectivity index (χ4v) is 0.710. The van der Waals surface area contributed by atoms with Gasteiger partial charge in [0.05, 0.1) is 6.61 Å². The number of halogens is 1. The highest BCUT2D eigenvalue weighted by Gasteiger charge is 2.12. The summed E-state index contributed by atoms with van der Waals surface area (Å²) in [4.78, 5) is 10.8. The first-order valence-electron chi connectivity index (χ1n) is 3.13. The Kier molecular flexibility index (Phi) is 5.35. The highest BCUT2D eigenvalue weighted by Crippen LogP contribution is 1.94. The molecule has 0 fully saturated rings. The van der Waals surface area contributed by atoms with Crippen LogP contribution in [-0.4, -0.2) is 31.5 Å². The van der Waals surface area contributed by atoms with Gasteiger partial charge < -0.3 is 10.1 Å². The molecule has 0 heterocycles. The molecule has 0 aromatic carbocycles. The third-order valence-electron chi connectivity index (χ3n) is 0.948. The molecule has 0 aliphatic carbocycles. The molecule has 0 aromatic heterocycles. The number of rotatable bonds is 4. The van der Waals surface area contributed by atoms with E-state index in [0.717, 1.165) is 0 Å². The van der Waals surface area contributed by atoms with E-state index in [1.54, 1.807) is 0 Å². The van der Waals surface area contributed by atoms with E-state index in [-0.39, 0.29) is 12.5 Å². The average molecular weight is 166 g/mol. The second-order valence-electron chi connectivity index (χ2n) is 1.82. The maximum atomic E-state index is 10.8. The zero-order valence-corrected chi connectivity index (χ0v) is 6.94. The van der Waals surface area contributed by atoms with Crippen LogP contribution in [0.3, 0.4) is 0 Å². The molecule has 10 heavy (non-hydrogen) atoms. The van der Waals surface area contributed by atoms with Crippen molar-refractivity contribution in [1.29, 1.82) is 0 Å².